The lowest BCUT2D eigenvalue weighted by Crippen LogP contribution is -2.53. The summed E-state index contributed by atoms with van der Waals surface area (Å²) in [6.45, 7) is 14.4. The zero-order valence-corrected chi connectivity index (χ0v) is 41.8. The molecule has 0 radical (unpaired) electrons. The van der Waals surface area contributed by atoms with Crippen LogP contribution >= 0.6 is 11.6 Å². The highest BCUT2D eigenvalue weighted by Gasteiger charge is 2.31. The minimum atomic E-state index is 0.318. The number of benzene rings is 4. The highest BCUT2D eigenvalue weighted by molar-refractivity contribution is 6.30. The Morgan fingerprint density at radius 3 is 2.16 bits per heavy atom. The zero-order chi connectivity index (χ0) is 47.1. The van der Waals surface area contributed by atoms with Gasteiger partial charge in [-0.3, -0.25) is 19.8 Å². The Labute approximate surface area is 415 Å². The number of hydrazine groups is 1. The lowest BCUT2D eigenvalue weighted by Gasteiger charge is -2.38. The van der Waals surface area contributed by atoms with Crippen molar-refractivity contribution in [1.82, 2.24) is 30.8 Å². The molecule has 13 nitrogen and oxygen atoms in total. The first kappa shape index (κ1) is 47.6. The van der Waals surface area contributed by atoms with Crippen molar-refractivity contribution >= 4 is 46.9 Å². The molecule has 0 amide bonds. The number of anilines is 3. The number of aliphatic imine (C=N–C) groups is 3. The van der Waals surface area contributed by atoms with Crippen LogP contribution in [-0.2, 0) is 30.5 Å². The summed E-state index contributed by atoms with van der Waals surface area (Å²) in [6, 6.07) is 29.3. The minimum Gasteiger partial charge on any atom is -0.379 e. The van der Waals surface area contributed by atoms with Gasteiger partial charge in [0.1, 0.15) is 6.34 Å². The third-order valence-electron chi connectivity index (χ3n) is 15.3. The maximum Gasteiger partial charge on any atom is 0.197 e. The Morgan fingerprint density at radius 1 is 0.754 bits per heavy atom. The van der Waals surface area contributed by atoms with Crippen molar-refractivity contribution in [2.75, 3.05) is 81.7 Å². The summed E-state index contributed by atoms with van der Waals surface area (Å²) in [6.07, 6.45) is 14.2. The van der Waals surface area contributed by atoms with Crippen LogP contribution in [0.2, 0.25) is 5.02 Å². The molecule has 12 rings (SSSR count). The van der Waals surface area contributed by atoms with Gasteiger partial charge in [-0.05, 0) is 131 Å². The predicted molar refractivity (Wildman–Crippen MR) is 284 cm³/mol. The number of nitrogens with zero attached hydrogens (tertiary/aromatic N) is 7. The summed E-state index contributed by atoms with van der Waals surface area (Å²) in [7, 11) is 2.21. The van der Waals surface area contributed by atoms with Gasteiger partial charge in [-0.2, -0.15) is 0 Å². The van der Waals surface area contributed by atoms with Crippen LogP contribution in [0, 0.1) is 0 Å². The molecule has 5 heterocycles. The van der Waals surface area contributed by atoms with Crippen molar-refractivity contribution in [2.24, 2.45) is 15.0 Å². The summed E-state index contributed by atoms with van der Waals surface area (Å²) in [5.41, 5.74) is 17.2. The van der Waals surface area contributed by atoms with Crippen molar-refractivity contribution in [1.29, 1.82) is 0 Å². The lowest BCUT2D eigenvalue weighted by atomic mass is 9.85. The van der Waals surface area contributed by atoms with Gasteiger partial charge in [0.25, 0.3) is 0 Å². The normalized spacial score (nSPS) is 23.9. The molecule has 0 bridgehead atoms. The summed E-state index contributed by atoms with van der Waals surface area (Å²) in [5.74, 6) is 1.80. The van der Waals surface area contributed by atoms with Crippen LogP contribution in [0.15, 0.2) is 93.8 Å². The van der Waals surface area contributed by atoms with Gasteiger partial charge in [0.2, 0.25) is 0 Å². The zero-order valence-electron chi connectivity index (χ0n) is 41.0. The topological polar surface area (TPSA) is 119 Å². The molecular formula is C55H73ClN12O. The fourth-order valence-corrected chi connectivity index (χ4v) is 11.6. The van der Waals surface area contributed by atoms with E-state index in [1.165, 1.54) is 115 Å². The maximum atomic E-state index is 5.92. The molecule has 0 saturated carbocycles. The van der Waals surface area contributed by atoms with E-state index in [0.717, 1.165) is 81.3 Å². The molecule has 5 N–H and O–H groups in total. The predicted octanol–water partition coefficient (Wildman–Crippen LogP) is 8.84. The largest absolute Gasteiger partial charge is 0.379 e. The average Bonchev–Trinajstić information content (AvgIpc) is 3.39. The summed E-state index contributed by atoms with van der Waals surface area (Å²) < 4.78 is 5.47. The molecule has 5 unspecified atom stereocenters. The van der Waals surface area contributed by atoms with Crippen molar-refractivity contribution in [3.8, 4) is 0 Å². The summed E-state index contributed by atoms with van der Waals surface area (Å²) >= 11 is 5.92. The van der Waals surface area contributed by atoms with Gasteiger partial charge in [-0.1, -0.05) is 67.1 Å². The fourth-order valence-electron chi connectivity index (χ4n) is 11.4. The summed E-state index contributed by atoms with van der Waals surface area (Å²) in [4.78, 5) is 21.9. The first-order chi connectivity index (χ1) is 33.9. The Hall–Kier alpha value is -5.02. The SMILES string of the molecule is CC(CNN1C=NC2CCCc3cccc1c32)N1CCN(C)CC1.CCC(NC1=NC2CCCc3cccc(c32)N1)N1CCOCC1.Clc1ccc(CN=C2Nc3cccc4c3C(CCC4)N2)cc1. The number of piperazine rings is 1. The van der Waals surface area contributed by atoms with E-state index in [2.05, 4.69) is 127 Å². The number of ether oxygens (including phenoxy) is 1. The van der Waals surface area contributed by atoms with Crippen molar-refractivity contribution in [2.45, 2.75) is 115 Å². The smallest absolute Gasteiger partial charge is 0.197 e. The Bertz CT molecular complexity index is 2460. The van der Waals surface area contributed by atoms with Gasteiger partial charge in [0, 0.05) is 84.9 Å². The van der Waals surface area contributed by atoms with E-state index in [9.17, 15) is 0 Å². The van der Waals surface area contributed by atoms with Crippen LogP contribution in [0.3, 0.4) is 0 Å². The van der Waals surface area contributed by atoms with Crippen molar-refractivity contribution < 1.29 is 4.74 Å². The molecule has 3 aliphatic carbocycles. The molecule has 14 heteroatoms. The first-order valence-corrected chi connectivity index (χ1v) is 26.3. The average molecular weight is 954 g/mol. The molecule has 0 aromatic heterocycles. The van der Waals surface area contributed by atoms with Crippen LogP contribution in [-0.4, -0.2) is 111 Å². The molecule has 5 aliphatic heterocycles. The lowest BCUT2D eigenvalue weighted by molar-refractivity contribution is 0.0124. The van der Waals surface area contributed by atoms with E-state index < -0.39 is 0 Å². The van der Waals surface area contributed by atoms with Crippen LogP contribution < -0.4 is 31.7 Å². The standard InChI is InChI=1S/C19H29N5.C18H18ClN3.C18H26N4O/c1-15(23-11-9-22(2)10-12-23)13-21-24-14-20-17-7-3-5-16-6-4-8-18(24)19(16)17;19-14-9-7-12(8-10-14)11-20-18-21-15-5-1-3-13-4-2-6-16(22-18)17(13)15;1-2-16(22-9-11-23-12-10-22)21-18-19-14-7-3-5-13-6-4-8-15(20-18)17(13)14/h4,6,8,14-15,17,21H,3,5,7,9-13H2,1-2H3;1,3,5,7-10,16H,2,4,6,11H2,(H2,20,21,22);3,5,7,15-16H,2,4,6,8-12H2,1H3,(H2,19,20,21). The third kappa shape index (κ3) is 11.3. The minimum absolute atomic E-state index is 0.318. The summed E-state index contributed by atoms with van der Waals surface area (Å²) in [5, 5.41) is 17.0. The molecule has 4 aromatic carbocycles. The van der Waals surface area contributed by atoms with Crippen LogP contribution in [0.4, 0.5) is 17.1 Å². The van der Waals surface area contributed by atoms with Gasteiger partial charge < -0.3 is 30.9 Å². The number of halogens is 1. The fraction of sp³-hybridized carbons (Fsp3) is 0.509. The van der Waals surface area contributed by atoms with E-state index in [1.54, 1.807) is 0 Å². The Morgan fingerprint density at radius 2 is 1.42 bits per heavy atom. The molecule has 2 fully saturated rings. The number of hydrogen-bond acceptors (Lipinski definition) is 11. The quantitative estimate of drug-likeness (QED) is 0.111. The van der Waals surface area contributed by atoms with Crippen molar-refractivity contribution in [3.05, 3.63) is 123 Å². The highest BCUT2D eigenvalue weighted by atomic mass is 35.5. The van der Waals surface area contributed by atoms with Crippen molar-refractivity contribution in [3.63, 3.8) is 0 Å². The van der Waals surface area contributed by atoms with E-state index >= 15 is 0 Å². The maximum absolute atomic E-state index is 5.92. The van der Waals surface area contributed by atoms with E-state index in [1.807, 2.05) is 30.6 Å². The number of rotatable bonds is 9. The van der Waals surface area contributed by atoms with Crippen LogP contribution in [0.1, 0.15) is 116 Å². The van der Waals surface area contributed by atoms with Gasteiger partial charge in [0.15, 0.2) is 11.9 Å². The van der Waals surface area contributed by atoms with E-state index in [4.69, 9.17) is 26.3 Å². The molecule has 366 valence electrons. The number of morpholine rings is 1. The van der Waals surface area contributed by atoms with Gasteiger partial charge in [-0.15, -0.1) is 0 Å². The monoisotopic (exact) mass is 953 g/mol. The molecule has 0 spiro atoms. The second kappa shape index (κ2) is 22.4. The van der Waals surface area contributed by atoms with Crippen LogP contribution in [0.5, 0.6) is 0 Å². The first-order valence-electron chi connectivity index (χ1n) is 26.0. The number of hydrogen-bond donors (Lipinski definition) is 5. The van der Waals surface area contributed by atoms with Crippen LogP contribution in [0.25, 0.3) is 0 Å². The van der Waals surface area contributed by atoms with Gasteiger partial charge >= 0.3 is 0 Å². The molecule has 5 atom stereocenters. The second-order valence-electron chi connectivity index (χ2n) is 19.9. The highest BCUT2D eigenvalue weighted by Crippen LogP contribution is 2.42. The Kier molecular flexibility index (Phi) is 15.5. The van der Waals surface area contributed by atoms with E-state index in [0.29, 0.717) is 36.9 Å². The number of likely N-dealkylation sites (N-methyl/N-ethyl adjacent to an activating group) is 1. The molecule has 4 aromatic rings. The number of nitrogens with one attached hydrogen (secondary N) is 5. The van der Waals surface area contributed by atoms with Gasteiger partial charge in [0.05, 0.1) is 49.7 Å². The Balaban J connectivity index is 0.000000120. The molecule has 2 saturated heterocycles. The van der Waals surface area contributed by atoms with Gasteiger partial charge in [-0.25, -0.2) is 15.4 Å². The molecule has 8 aliphatic rings. The number of guanidine groups is 2. The second-order valence-corrected chi connectivity index (χ2v) is 20.4. The van der Waals surface area contributed by atoms with E-state index in [-0.39, 0.29) is 0 Å². The third-order valence-corrected chi connectivity index (χ3v) is 15.6. The number of aryl methyl sites for hydroxylation is 3. The molecule has 69 heavy (non-hydrogen) atoms. The molecular weight excluding hydrogens is 880 g/mol.